The molecule has 4 nitrogen and oxygen atoms in total. The van der Waals surface area contributed by atoms with Crippen molar-refractivity contribution in [2.24, 2.45) is 0 Å². The van der Waals surface area contributed by atoms with Crippen LogP contribution in [0.5, 0.6) is 0 Å². The van der Waals surface area contributed by atoms with E-state index in [9.17, 15) is 9.90 Å². The Bertz CT molecular complexity index is 1160. The summed E-state index contributed by atoms with van der Waals surface area (Å²) >= 11 is 7.67. The minimum Gasteiger partial charge on any atom is -0.387 e. The largest absolute Gasteiger partial charge is 0.387 e. The summed E-state index contributed by atoms with van der Waals surface area (Å²) in [7, 11) is 0. The highest BCUT2D eigenvalue weighted by molar-refractivity contribution is 7.13. The third-order valence-electron chi connectivity index (χ3n) is 4.65. The van der Waals surface area contributed by atoms with Crippen LogP contribution in [-0.2, 0) is 11.2 Å². The number of carbonyl (C=O) groups is 1. The molecule has 4 aromatic rings. The molecule has 2 N–H and O–H groups in total. The smallest absolute Gasteiger partial charge is 0.226 e. The van der Waals surface area contributed by atoms with Crippen molar-refractivity contribution in [2.75, 3.05) is 6.54 Å². The first kappa shape index (κ1) is 19.6. The number of hydrogen-bond donors (Lipinski definition) is 2. The van der Waals surface area contributed by atoms with Gasteiger partial charge in [-0.25, -0.2) is 4.98 Å². The summed E-state index contributed by atoms with van der Waals surface area (Å²) < 4.78 is 0. The summed E-state index contributed by atoms with van der Waals surface area (Å²) in [4.78, 5) is 16.8. The Morgan fingerprint density at radius 1 is 1.07 bits per heavy atom. The fourth-order valence-corrected chi connectivity index (χ4v) is 4.26. The second-order valence-corrected chi connectivity index (χ2v) is 7.99. The number of amides is 1. The first-order valence-corrected chi connectivity index (χ1v) is 10.5. The van der Waals surface area contributed by atoms with E-state index in [4.69, 9.17) is 11.6 Å². The fraction of sp³-hybridized carbons (Fsp3) is 0.130. The Labute approximate surface area is 177 Å². The van der Waals surface area contributed by atoms with E-state index in [-0.39, 0.29) is 18.9 Å². The molecule has 1 heterocycles. The van der Waals surface area contributed by atoms with Gasteiger partial charge >= 0.3 is 0 Å². The predicted molar refractivity (Wildman–Crippen MR) is 118 cm³/mol. The van der Waals surface area contributed by atoms with Crippen molar-refractivity contribution >= 4 is 39.6 Å². The van der Waals surface area contributed by atoms with Crippen molar-refractivity contribution < 1.29 is 9.90 Å². The van der Waals surface area contributed by atoms with Gasteiger partial charge in [0.25, 0.3) is 0 Å². The SMILES string of the molecule is O=C(Cc1csc(-c2ccccc2Cl)n1)NCC(O)c1ccc2ccccc2c1. The lowest BCUT2D eigenvalue weighted by Crippen LogP contribution is -2.29. The van der Waals surface area contributed by atoms with Crippen LogP contribution in [0.2, 0.25) is 5.02 Å². The summed E-state index contributed by atoms with van der Waals surface area (Å²) in [6, 6.07) is 21.3. The molecule has 0 bridgehead atoms. The molecule has 0 radical (unpaired) electrons. The molecule has 1 atom stereocenters. The number of rotatable bonds is 6. The number of fused-ring (bicyclic) bond motifs is 1. The highest BCUT2D eigenvalue weighted by Crippen LogP contribution is 2.30. The normalized spacial score (nSPS) is 12.1. The average molecular weight is 423 g/mol. The Balaban J connectivity index is 1.35. The molecule has 0 aliphatic carbocycles. The molecule has 1 unspecified atom stereocenters. The summed E-state index contributed by atoms with van der Waals surface area (Å²) in [6.45, 7) is 0.151. The van der Waals surface area contributed by atoms with Crippen LogP contribution >= 0.6 is 22.9 Å². The summed E-state index contributed by atoms with van der Waals surface area (Å²) in [5.41, 5.74) is 2.32. The second-order valence-electron chi connectivity index (χ2n) is 6.73. The van der Waals surface area contributed by atoms with Crippen LogP contribution in [0.3, 0.4) is 0 Å². The molecule has 29 heavy (non-hydrogen) atoms. The van der Waals surface area contributed by atoms with Gasteiger partial charge in [0.1, 0.15) is 5.01 Å². The second kappa shape index (κ2) is 8.74. The number of aliphatic hydroxyl groups is 1. The average Bonchev–Trinajstić information content (AvgIpc) is 3.20. The molecule has 0 spiro atoms. The van der Waals surface area contributed by atoms with E-state index in [1.54, 1.807) is 0 Å². The highest BCUT2D eigenvalue weighted by Gasteiger charge is 2.13. The van der Waals surface area contributed by atoms with Crippen molar-refractivity contribution in [3.63, 3.8) is 0 Å². The molecule has 0 aliphatic heterocycles. The molecule has 0 saturated heterocycles. The van der Waals surface area contributed by atoms with E-state index in [0.29, 0.717) is 10.7 Å². The molecular weight excluding hydrogens is 404 g/mol. The number of aliphatic hydroxyl groups excluding tert-OH is 1. The van der Waals surface area contributed by atoms with E-state index in [1.165, 1.54) is 11.3 Å². The first-order chi connectivity index (χ1) is 14.1. The topological polar surface area (TPSA) is 62.2 Å². The minimum atomic E-state index is -0.766. The number of aromatic nitrogens is 1. The predicted octanol–water partition coefficient (Wildman–Crippen LogP) is 5.01. The van der Waals surface area contributed by atoms with E-state index < -0.39 is 6.10 Å². The fourth-order valence-electron chi connectivity index (χ4n) is 3.12. The highest BCUT2D eigenvalue weighted by atomic mass is 35.5. The van der Waals surface area contributed by atoms with Crippen LogP contribution in [0.4, 0.5) is 0 Å². The molecule has 4 rings (SSSR count). The molecule has 1 amide bonds. The quantitative estimate of drug-likeness (QED) is 0.459. The summed E-state index contributed by atoms with van der Waals surface area (Å²) in [6.07, 6.45) is -0.608. The van der Waals surface area contributed by atoms with Crippen LogP contribution in [0, 0.1) is 0 Å². The van der Waals surface area contributed by atoms with Gasteiger partial charge < -0.3 is 10.4 Å². The maximum absolute atomic E-state index is 12.3. The van der Waals surface area contributed by atoms with Gasteiger partial charge in [-0.3, -0.25) is 4.79 Å². The molecule has 0 fully saturated rings. The number of benzene rings is 3. The van der Waals surface area contributed by atoms with Crippen LogP contribution < -0.4 is 5.32 Å². The number of hydrogen-bond acceptors (Lipinski definition) is 4. The number of thiazole rings is 1. The number of halogens is 1. The van der Waals surface area contributed by atoms with Crippen LogP contribution in [0.1, 0.15) is 17.4 Å². The van der Waals surface area contributed by atoms with Crippen molar-refractivity contribution in [3.05, 3.63) is 88.4 Å². The zero-order chi connectivity index (χ0) is 20.2. The Kier molecular flexibility index (Phi) is 5.90. The van der Waals surface area contributed by atoms with E-state index in [2.05, 4.69) is 10.3 Å². The third-order valence-corrected chi connectivity index (χ3v) is 5.90. The summed E-state index contributed by atoms with van der Waals surface area (Å²) in [5.74, 6) is -0.180. The standard InChI is InChI=1S/C23H19ClN2O2S/c24-20-8-4-3-7-19(20)23-26-18(14-29-23)12-22(28)25-13-21(27)17-10-9-15-5-1-2-6-16(15)11-17/h1-11,14,21,27H,12-13H2,(H,25,28). The summed E-state index contributed by atoms with van der Waals surface area (Å²) in [5, 5.41) is 18.7. The van der Waals surface area contributed by atoms with Gasteiger partial charge in [-0.2, -0.15) is 0 Å². The van der Waals surface area contributed by atoms with Gasteiger partial charge in [0, 0.05) is 17.5 Å². The molecule has 6 heteroatoms. The molecule has 0 aliphatic rings. The van der Waals surface area contributed by atoms with Crippen LogP contribution in [0.25, 0.3) is 21.3 Å². The number of nitrogens with one attached hydrogen (secondary N) is 1. The molecule has 1 aromatic heterocycles. The lowest BCUT2D eigenvalue weighted by atomic mass is 10.0. The van der Waals surface area contributed by atoms with Crippen LogP contribution in [-0.4, -0.2) is 22.5 Å². The van der Waals surface area contributed by atoms with Crippen LogP contribution in [0.15, 0.2) is 72.1 Å². The monoisotopic (exact) mass is 422 g/mol. The molecule has 0 saturated carbocycles. The Morgan fingerprint density at radius 3 is 2.66 bits per heavy atom. The van der Waals surface area contributed by atoms with E-state index in [0.717, 1.165) is 26.9 Å². The maximum atomic E-state index is 12.3. The molecule has 146 valence electrons. The minimum absolute atomic E-state index is 0.151. The van der Waals surface area contributed by atoms with E-state index >= 15 is 0 Å². The van der Waals surface area contributed by atoms with Gasteiger partial charge in [-0.05, 0) is 28.5 Å². The van der Waals surface area contributed by atoms with Gasteiger partial charge in [0.2, 0.25) is 5.91 Å². The van der Waals surface area contributed by atoms with Gasteiger partial charge in [0.15, 0.2) is 0 Å². The third kappa shape index (κ3) is 4.65. The lowest BCUT2D eigenvalue weighted by Gasteiger charge is -2.13. The Hall–Kier alpha value is -2.73. The van der Waals surface area contributed by atoms with Gasteiger partial charge in [-0.1, -0.05) is 66.2 Å². The first-order valence-electron chi connectivity index (χ1n) is 9.23. The molecule has 3 aromatic carbocycles. The van der Waals surface area contributed by atoms with Gasteiger partial charge in [-0.15, -0.1) is 11.3 Å². The van der Waals surface area contributed by atoms with Crippen molar-refractivity contribution in [1.29, 1.82) is 0 Å². The lowest BCUT2D eigenvalue weighted by molar-refractivity contribution is -0.120. The van der Waals surface area contributed by atoms with Gasteiger partial charge in [0.05, 0.1) is 23.2 Å². The van der Waals surface area contributed by atoms with Crippen molar-refractivity contribution in [3.8, 4) is 10.6 Å². The zero-order valence-corrected chi connectivity index (χ0v) is 17.1. The Morgan fingerprint density at radius 2 is 1.83 bits per heavy atom. The molecular formula is C23H19ClN2O2S. The zero-order valence-electron chi connectivity index (χ0n) is 15.5. The van der Waals surface area contributed by atoms with E-state index in [1.807, 2.05) is 72.1 Å². The number of nitrogens with zero attached hydrogens (tertiary/aromatic N) is 1. The van der Waals surface area contributed by atoms with Crippen molar-refractivity contribution in [2.45, 2.75) is 12.5 Å². The maximum Gasteiger partial charge on any atom is 0.226 e. The number of carbonyl (C=O) groups excluding carboxylic acids is 1. The van der Waals surface area contributed by atoms with Crippen molar-refractivity contribution in [1.82, 2.24) is 10.3 Å².